The van der Waals surface area contributed by atoms with Gasteiger partial charge in [0.05, 0.1) is 30.7 Å². The van der Waals surface area contributed by atoms with Crippen LogP contribution in [-0.4, -0.2) is 63.4 Å². The molecule has 0 saturated carbocycles. The van der Waals surface area contributed by atoms with Gasteiger partial charge in [0.15, 0.2) is 5.60 Å². The average molecular weight is 720 g/mol. The van der Waals surface area contributed by atoms with E-state index in [1.807, 2.05) is 141 Å². The monoisotopic (exact) mass is 719 g/mol. The zero-order chi connectivity index (χ0) is 36.7. The van der Waals surface area contributed by atoms with Gasteiger partial charge in [-0.05, 0) is 73.9 Å². The first-order chi connectivity index (χ1) is 25.0. The van der Waals surface area contributed by atoms with E-state index in [0.717, 1.165) is 28.5 Å². The molecule has 1 heterocycles. The molecule has 270 valence electrons. The summed E-state index contributed by atoms with van der Waals surface area (Å²) in [4.78, 5) is 23.3. The van der Waals surface area contributed by atoms with Crippen molar-refractivity contribution in [2.75, 3.05) is 30.2 Å². The molecule has 5 aromatic rings. The third-order valence-corrected chi connectivity index (χ3v) is 10.3. The van der Waals surface area contributed by atoms with Gasteiger partial charge in [0.1, 0.15) is 17.5 Å². The predicted molar refractivity (Wildman–Crippen MR) is 204 cm³/mol. The molecule has 0 aromatic heterocycles. The van der Waals surface area contributed by atoms with E-state index in [9.17, 15) is 13.2 Å². The van der Waals surface area contributed by atoms with E-state index in [1.165, 1.54) is 4.31 Å². The van der Waals surface area contributed by atoms with E-state index in [1.54, 1.807) is 24.3 Å². The lowest BCUT2D eigenvalue weighted by Gasteiger charge is -2.41. The number of nitrogens with one attached hydrogen (secondary N) is 1. The number of anilines is 1. The summed E-state index contributed by atoms with van der Waals surface area (Å²) in [6.45, 7) is 6.57. The Morgan fingerprint density at radius 1 is 0.769 bits per heavy atom. The summed E-state index contributed by atoms with van der Waals surface area (Å²) in [5.74, 6) is 0.739. The van der Waals surface area contributed by atoms with E-state index in [-0.39, 0.29) is 18.8 Å². The van der Waals surface area contributed by atoms with Crippen LogP contribution < -0.4 is 14.5 Å². The minimum Gasteiger partial charge on any atom is -0.457 e. The van der Waals surface area contributed by atoms with Gasteiger partial charge in [0.25, 0.3) is 5.91 Å². The molecule has 0 bridgehead atoms. The third kappa shape index (κ3) is 8.54. The molecule has 1 aliphatic rings. The lowest BCUT2D eigenvalue weighted by Crippen LogP contribution is -2.59. The van der Waals surface area contributed by atoms with Crippen LogP contribution in [-0.2, 0) is 30.0 Å². The van der Waals surface area contributed by atoms with Gasteiger partial charge in [-0.1, -0.05) is 109 Å². The summed E-state index contributed by atoms with van der Waals surface area (Å²) < 4.78 is 40.2. The van der Waals surface area contributed by atoms with Crippen molar-refractivity contribution in [2.24, 2.45) is 0 Å². The zero-order valence-corrected chi connectivity index (χ0v) is 30.7. The van der Waals surface area contributed by atoms with Crippen molar-refractivity contribution in [1.82, 2.24) is 10.4 Å². The molecule has 1 N–H and O–H groups in total. The van der Waals surface area contributed by atoms with Crippen LogP contribution >= 0.6 is 0 Å². The molecule has 0 aliphatic carbocycles. The fourth-order valence-electron chi connectivity index (χ4n) is 6.74. The van der Waals surface area contributed by atoms with Crippen LogP contribution in [0.4, 0.5) is 5.69 Å². The summed E-state index contributed by atoms with van der Waals surface area (Å²) in [5, 5.41) is 0. The molecule has 1 amide bonds. The molecule has 5 aromatic carbocycles. The van der Waals surface area contributed by atoms with E-state index in [2.05, 4.69) is 5.48 Å². The quantitative estimate of drug-likeness (QED) is 0.103. The number of nitrogens with zero attached hydrogens (tertiary/aromatic N) is 2. The fourth-order valence-corrected chi connectivity index (χ4v) is 7.66. The van der Waals surface area contributed by atoms with Crippen LogP contribution in [0.15, 0.2) is 140 Å². The van der Waals surface area contributed by atoms with Crippen molar-refractivity contribution in [3.63, 3.8) is 0 Å². The molecular formula is C42H45N3O6S. The Kier molecular flexibility index (Phi) is 11.4. The molecular weight excluding hydrogens is 675 g/mol. The van der Waals surface area contributed by atoms with Crippen LogP contribution in [0.2, 0.25) is 0 Å². The van der Waals surface area contributed by atoms with Gasteiger partial charge in [-0.2, -0.15) is 0 Å². The highest BCUT2D eigenvalue weighted by atomic mass is 32.2. The molecule has 6 rings (SSSR count). The SMILES string of the molecule is Cc1ccc(Oc2ccc(N(C[C@@H](C(=O)NOC(c3ccccc3)(c3ccccc3)c3ccccc3)N3C[C@@H](C)O[C@@H](C)C3)S(C)(=O)=O)cc2)cc1. The number of hydrogen-bond donors (Lipinski definition) is 1. The predicted octanol–water partition coefficient (Wildman–Crippen LogP) is 7.07. The summed E-state index contributed by atoms with van der Waals surface area (Å²) in [7, 11) is -3.85. The highest BCUT2D eigenvalue weighted by molar-refractivity contribution is 7.92. The fraction of sp³-hybridized carbons (Fsp3) is 0.262. The van der Waals surface area contributed by atoms with Gasteiger partial charge in [-0.15, -0.1) is 0 Å². The number of ether oxygens (including phenoxy) is 2. The molecule has 10 heteroatoms. The van der Waals surface area contributed by atoms with Gasteiger partial charge in [0, 0.05) is 13.1 Å². The Hall–Kier alpha value is -5.00. The Morgan fingerprint density at radius 2 is 1.21 bits per heavy atom. The van der Waals surface area contributed by atoms with E-state index in [0.29, 0.717) is 30.3 Å². The lowest BCUT2D eigenvalue weighted by atomic mass is 9.80. The van der Waals surface area contributed by atoms with Crippen LogP contribution in [0, 0.1) is 6.92 Å². The van der Waals surface area contributed by atoms with Gasteiger partial charge in [0.2, 0.25) is 10.0 Å². The first-order valence-corrected chi connectivity index (χ1v) is 19.2. The maximum atomic E-state index is 14.6. The highest BCUT2D eigenvalue weighted by Crippen LogP contribution is 2.40. The van der Waals surface area contributed by atoms with Crippen LogP contribution in [0.3, 0.4) is 0 Å². The van der Waals surface area contributed by atoms with E-state index < -0.39 is 27.6 Å². The molecule has 0 radical (unpaired) electrons. The second-order valence-corrected chi connectivity index (χ2v) is 15.2. The second-order valence-electron chi connectivity index (χ2n) is 13.3. The average Bonchev–Trinajstić information content (AvgIpc) is 3.14. The van der Waals surface area contributed by atoms with Crippen LogP contribution in [0.1, 0.15) is 36.1 Å². The van der Waals surface area contributed by atoms with Gasteiger partial charge >= 0.3 is 0 Å². The number of sulfonamides is 1. The molecule has 52 heavy (non-hydrogen) atoms. The number of carbonyl (C=O) groups excluding carboxylic acids is 1. The molecule has 3 atom stereocenters. The van der Waals surface area contributed by atoms with Crippen molar-refractivity contribution in [3.8, 4) is 11.5 Å². The summed E-state index contributed by atoms with van der Waals surface area (Å²) in [6.07, 6.45) is 0.786. The van der Waals surface area contributed by atoms with Crippen molar-refractivity contribution in [3.05, 3.63) is 162 Å². The number of rotatable bonds is 13. The number of hydroxylamine groups is 1. The number of benzene rings is 5. The number of hydrogen-bond acceptors (Lipinski definition) is 7. The third-order valence-electron chi connectivity index (χ3n) is 9.16. The summed E-state index contributed by atoms with van der Waals surface area (Å²) in [6, 6.07) is 42.7. The van der Waals surface area contributed by atoms with E-state index in [4.69, 9.17) is 14.3 Å². The van der Waals surface area contributed by atoms with Crippen molar-refractivity contribution in [2.45, 2.75) is 44.6 Å². The minimum absolute atomic E-state index is 0.166. The molecule has 9 nitrogen and oxygen atoms in total. The standard InChI is InChI=1S/C42H45N3O6S/c1-31-20-24-38(25-21-31)50-39-26-22-37(23-27-39)45(52(4,47)48)30-40(44-28-32(2)49-33(3)29-44)41(46)43-51-42(34-14-8-5-9-15-34,35-16-10-6-11-17-35)36-18-12-7-13-19-36/h5-27,32-33,40H,28-30H2,1-4H3,(H,43,46)/t32-,33+,40-/m0/s1. The zero-order valence-electron chi connectivity index (χ0n) is 29.9. The first kappa shape index (κ1) is 36.8. The Morgan fingerprint density at radius 3 is 1.65 bits per heavy atom. The number of amides is 1. The van der Waals surface area contributed by atoms with Crippen molar-refractivity contribution in [1.29, 1.82) is 0 Å². The highest BCUT2D eigenvalue weighted by Gasteiger charge is 2.41. The van der Waals surface area contributed by atoms with Crippen LogP contribution in [0.25, 0.3) is 0 Å². The van der Waals surface area contributed by atoms with Gasteiger partial charge in [-0.3, -0.25) is 18.8 Å². The van der Waals surface area contributed by atoms with Crippen molar-refractivity contribution >= 4 is 21.6 Å². The number of morpholine rings is 1. The molecule has 0 unspecified atom stereocenters. The Balaban J connectivity index is 1.34. The van der Waals surface area contributed by atoms with Crippen LogP contribution in [0.5, 0.6) is 11.5 Å². The normalized spacial score (nSPS) is 17.2. The Labute approximate surface area is 306 Å². The largest absolute Gasteiger partial charge is 0.457 e. The minimum atomic E-state index is -3.85. The van der Waals surface area contributed by atoms with Gasteiger partial charge < -0.3 is 9.47 Å². The molecule has 0 spiro atoms. The number of carbonyl (C=O) groups is 1. The first-order valence-electron chi connectivity index (χ1n) is 17.4. The maximum Gasteiger partial charge on any atom is 0.262 e. The van der Waals surface area contributed by atoms with E-state index >= 15 is 0 Å². The molecule has 1 fully saturated rings. The van der Waals surface area contributed by atoms with Gasteiger partial charge in [-0.25, -0.2) is 13.9 Å². The van der Waals surface area contributed by atoms with Crippen molar-refractivity contribution < 1.29 is 27.5 Å². The summed E-state index contributed by atoms with van der Waals surface area (Å²) in [5.41, 5.74) is 5.55. The lowest BCUT2D eigenvalue weighted by molar-refractivity contribution is -0.153. The number of aryl methyl sites for hydroxylation is 1. The summed E-state index contributed by atoms with van der Waals surface area (Å²) >= 11 is 0. The second kappa shape index (κ2) is 16.1. The molecule has 1 saturated heterocycles. The Bertz CT molecular complexity index is 1910. The smallest absolute Gasteiger partial charge is 0.262 e. The molecule has 1 aliphatic heterocycles. The maximum absolute atomic E-state index is 14.6. The topological polar surface area (TPSA) is 97.4 Å².